The Morgan fingerprint density at radius 3 is 1.33 bits per heavy atom. The van der Waals surface area contributed by atoms with Crippen LogP contribution in [-0.2, 0) is 26.4 Å². The van der Waals surface area contributed by atoms with Gasteiger partial charge in [0, 0.05) is 5.97 Å². The smallest absolute Gasteiger partial charge is 0.876 e. The van der Waals surface area contributed by atoms with Gasteiger partial charge in [-0.05, 0) is 19.9 Å². The summed E-state index contributed by atoms with van der Waals surface area (Å²) in [5.74, 6) is -1.46. The third kappa shape index (κ3) is 60.6. The summed E-state index contributed by atoms with van der Waals surface area (Å²) in [5, 5.41) is 18.9. The van der Waals surface area contributed by atoms with Crippen molar-refractivity contribution in [2.24, 2.45) is 0 Å². The summed E-state index contributed by atoms with van der Waals surface area (Å²) in [7, 11) is 0. The second-order valence-corrected chi connectivity index (χ2v) is 1.86. The number of carbonyl (C=O) groups excluding carboxylic acids is 2. The summed E-state index contributed by atoms with van der Waals surface area (Å²) in [5.41, 5.74) is 0. The summed E-state index contributed by atoms with van der Waals surface area (Å²) in [6, 6.07) is 0. The van der Waals surface area contributed by atoms with Gasteiger partial charge in [-0.1, -0.05) is 6.92 Å². The van der Waals surface area contributed by atoms with Gasteiger partial charge in [-0.2, -0.15) is 0 Å². The van der Waals surface area contributed by atoms with Crippen LogP contribution < -0.4 is 10.2 Å². The van der Waals surface area contributed by atoms with Crippen LogP contribution in [0.1, 0.15) is 20.8 Å². The van der Waals surface area contributed by atoms with E-state index in [9.17, 15) is 9.90 Å². The first kappa shape index (κ1) is 17.3. The maximum absolute atomic E-state index is 9.98. The Hall–Kier alpha value is -0.814. The van der Waals surface area contributed by atoms with Gasteiger partial charge in [0.05, 0.1) is 0 Å². The maximum Gasteiger partial charge on any atom is 2.00 e. The molecule has 12 heavy (non-hydrogen) atoms. The molecule has 0 aliphatic carbocycles. The molecular formula is C7H10CoO4. The molecule has 0 fully saturated rings. The van der Waals surface area contributed by atoms with Crippen LogP contribution in [0.15, 0.2) is 11.8 Å². The van der Waals surface area contributed by atoms with Crippen molar-refractivity contribution in [3.63, 3.8) is 0 Å². The zero-order chi connectivity index (χ0) is 9.44. The van der Waals surface area contributed by atoms with E-state index in [4.69, 9.17) is 9.90 Å². The number of hydrogen-bond donors (Lipinski definition) is 0. The second kappa shape index (κ2) is 10.2. The molecule has 0 saturated heterocycles. The molecule has 0 aromatic heterocycles. The van der Waals surface area contributed by atoms with Crippen molar-refractivity contribution in [3.8, 4) is 0 Å². The van der Waals surface area contributed by atoms with Gasteiger partial charge in [-0.15, -0.1) is 5.76 Å². The molecule has 0 heterocycles. The molecule has 0 rings (SSSR count). The van der Waals surface area contributed by atoms with E-state index in [0.29, 0.717) is 0 Å². The van der Waals surface area contributed by atoms with Crippen molar-refractivity contribution in [2.75, 3.05) is 0 Å². The van der Waals surface area contributed by atoms with Crippen LogP contribution in [0.25, 0.3) is 0 Å². The van der Waals surface area contributed by atoms with Gasteiger partial charge in [-0.3, -0.25) is 4.79 Å². The van der Waals surface area contributed by atoms with E-state index in [-0.39, 0.29) is 28.3 Å². The van der Waals surface area contributed by atoms with Crippen LogP contribution in [0.2, 0.25) is 0 Å². The Balaban J connectivity index is -0.000000142. The first-order chi connectivity index (χ1) is 4.86. The van der Waals surface area contributed by atoms with Crippen LogP contribution in [-0.4, -0.2) is 11.8 Å². The Labute approximate surface area is 81.5 Å². The molecular weight excluding hydrogens is 207 g/mol. The van der Waals surface area contributed by atoms with Crippen LogP contribution >= 0.6 is 0 Å². The molecule has 0 atom stereocenters. The topological polar surface area (TPSA) is 80.3 Å². The summed E-state index contributed by atoms with van der Waals surface area (Å²) >= 11 is 0. The van der Waals surface area contributed by atoms with Gasteiger partial charge in [0.2, 0.25) is 0 Å². The average Bonchev–Trinajstić information content (AvgIpc) is 1.56. The fourth-order valence-electron chi connectivity index (χ4n) is 0.286. The fraction of sp³-hybridized carbons (Fsp3) is 0.429. The van der Waals surface area contributed by atoms with Crippen molar-refractivity contribution in [1.82, 2.24) is 0 Å². The van der Waals surface area contributed by atoms with Crippen molar-refractivity contribution in [1.29, 1.82) is 0 Å². The maximum atomic E-state index is 9.98. The molecule has 0 aliphatic rings. The van der Waals surface area contributed by atoms with E-state index >= 15 is 0 Å². The van der Waals surface area contributed by atoms with E-state index in [2.05, 4.69) is 0 Å². The zero-order valence-corrected chi connectivity index (χ0v) is 8.08. The van der Waals surface area contributed by atoms with E-state index < -0.39 is 5.97 Å². The number of aliphatic carboxylic acids is 1. The molecule has 4 nitrogen and oxygen atoms in total. The Kier molecular flexibility index (Phi) is 14.7. The van der Waals surface area contributed by atoms with Crippen molar-refractivity contribution in [3.05, 3.63) is 11.8 Å². The van der Waals surface area contributed by atoms with Gasteiger partial charge in [-0.25, -0.2) is 0 Å². The number of ketones is 1. The van der Waals surface area contributed by atoms with Gasteiger partial charge in [0.15, 0.2) is 5.78 Å². The molecule has 0 aliphatic heterocycles. The molecule has 0 bridgehead atoms. The third-order valence-electron chi connectivity index (χ3n) is 0.407. The quantitative estimate of drug-likeness (QED) is 0.399. The monoisotopic (exact) mass is 217 g/mol. The molecule has 0 unspecified atom stereocenters. The van der Waals surface area contributed by atoms with E-state index in [0.717, 1.165) is 13.0 Å². The van der Waals surface area contributed by atoms with Crippen LogP contribution in [0.3, 0.4) is 0 Å². The van der Waals surface area contributed by atoms with Gasteiger partial charge < -0.3 is 15.0 Å². The predicted octanol–water partition coefficient (Wildman–Crippen LogP) is -1.41. The van der Waals surface area contributed by atoms with Crippen LogP contribution in [0, 0.1) is 0 Å². The summed E-state index contributed by atoms with van der Waals surface area (Å²) in [6.07, 6.45) is 1.06. The number of hydrogen-bond acceptors (Lipinski definition) is 4. The molecule has 0 aromatic carbocycles. The largest absolute Gasteiger partial charge is 2.00 e. The van der Waals surface area contributed by atoms with Crippen molar-refractivity contribution >= 4 is 11.8 Å². The molecule has 0 spiro atoms. The number of allylic oxidation sites excluding steroid dienone is 2. The second-order valence-electron chi connectivity index (χ2n) is 1.86. The molecule has 1 radical (unpaired) electrons. The minimum atomic E-state index is -1.08. The molecule has 0 aromatic rings. The van der Waals surface area contributed by atoms with Gasteiger partial charge in [0.1, 0.15) is 0 Å². The van der Waals surface area contributed by atoms with E-state index in [1.165, 1.54) is 13.8 Å². The predicted molar refractivity (Wildman–Crippen MR) is 35.1 cm³/mol. The van der Waals surface area contributed by atoms with Gasteiger partial charge in [0.25, 0.3) is 0 Å². The Morgan fingerprint density at radius 1 is 1.08 bits per heavy atom. The van der Waals surface area contributed by atoms with Crippen molar-refractivity contribution < 1.29 is 36.6 Å². The molecule has 71 valence electrons. The minimum absolute atomic E-state index is 0. The molecule has 5 heteroatoms. The summed E-state index contributed by atoms with van der Waals surface area (Å²) in [4.78, 5) is 18.9. The standard InChI is InChI=1S/C5H8O2.C2H4O2.Co/c1-4(6)3-5(2)7;1-2(3)4;/h3,6H,1-2H3;1H3,(H,3,4);/q;;+2/p-2/b4-3-;;. The average molecular weight is 217 g/mol. The normalized spacial score (nSPS) is 8.75. The van der Waals surface area contributed by atoms with E-state index in [1.807, 2.05) is 0 Å². The number of carboxylic acids is 1. The third-order valence-corrected chi connectivity index (χ3v) is 0.407. The molecule has 0 amide bonds. The summed E-state index contributed by atoms with van der Waals surface area (Å²) in [6.45, 7) is 3.67. The Morgan fingerprint density at radius 2 is 1.33 bits per heavy atom. The van der Waals surface area contributed by atoms with Crippen LogP contribution in [0.4, 0.5) is 0 Å². The van der Waals surface area contributed by atoms with Crippen molar-refractivity contribution in [2.45, 2.75) is 20.8 Å². The zero-order valence-electron chi connectivity index (χ0n) is 7.04. The number of rotatable bonds is 1. The summed E-state index contributed by atoms with van der Waals surface area (Å²) < 4.78 is 0. The first-order valence-electron chi connectivity index (χ1n) is 2.89. The SMILES string of the molecule is CC(=O)/C=C(/C)[O-].CC(=O)[O-].[Co+2]. The van der Waals surface area contributed by atoms with Crippen LogP contribution in [0.5, 0.6) is 0 Å². The van der Waals surface area contributed by atoms with Gasteiger partial charge >= 0.3 is 16.8 Å². The first-order valence-corrected chi connectivity index (χ1v) is 2.89. The number of carbonyl (C=O) groups is 2. The molecule has 0 saturated carbocycles. The molecule has 0 N–H and O–H groups in total. The fourth-order valence-corrected chi connectivity index (χ4v) is 0.286. The Bertz CT molecular complexity index is 166. The number of carboxylic acid groups (broad SMARTS) is 1. The minimum Gasteiger partial charge on any atom is -0.876 e. The van der Waals surface area contributed by atoms with E-state index in [1.54, 1.807) is 0 Å².